The van der Waals surface area contributed by atoms with Crippen molar-refractivity contribution in [3.63, 3.8) is 0 Å². The molecular weight excluding hydrogens is 277 g/mol. The molecule has 1 aliphatic rings. The topological polar surface area (TPSA) is 43.1 Å². The molecular formula is C16H21ClFNO. The van der Waals surface area contributed by atoms with Crippen LogP contribution in [0.5, 0.6) is 0 Å². The molecule has 0 atom stereocenters. The molecule has 0 unspecified atom stereocenters. The van der Waals surface area contributed by atoms with Crippen molar-refractivity contribution in [1.29, 1.82) is 0 Å². The fourth-order valence-electron chi connectivity index (χ4n) is 3.05. The first-order valence-corrected chi connectivity index (χ1v) is 7.63. The van der Waals surface area contributed by atoms with E-state index >= 15 is 0 Å². The molecule has 110 valence electrons. The van der Waals surface area contributed by atoms with Crippen LogP contribution in [0, 0.1) is 11.2 Å². The molecule has 0 aromatic heterocycles. The minimum absolute atomic E-state index is 0.0584. The van der Waals surface area contributed by atoms with Crippen molar-refractivity contribution >= 4 is 17.4 Å². The molecule has 0 aliphatic heterocycles. The van der Waals surface area contributed by atoms with E-state index in [2.05, 4.69) is 0 Å². The molecule has 0 heterocycles. The van der Waals surface area contributed by atoms with Gasteiger partial charge in [-0.25, -0.2) is 4.39 Å². The Morgan fingerprint density at radius 3 is 2.50 bits per heavy atom. The molecule has 2 N–H and O–H groups in total. The predicted octanol–water partition coefficient (Wildman–Crippen LogP) is 3.89. The zero-order valence-corrected chi connectivity index (χ0v) is 12.4. The van der Waals surface area contributed by atoms with E-state index in [-0.39, 0.29) is 17.2 Å². The number of ketones is 1. The lowest BCUT2D eigenvalue weighted by atomic mass is 9.74. The van der Waals surface area contributed by atoms with E-state index in [4.69, 9.17) is 17.3 Å². The number of rotatable bonds is 4. The maximum Gasteiger partial charge on any atom is 0.145 e. The summed E-state index contributed by atoms with van der Waals surface area (Å²) in [6, 6.07) is 4.80. The number of hydrogen-bond donors (Lipinski definition) is 1. The van der Waals surface area contributed by atoms with Gasteiger partial charge < -0.3 is 5.73 Å². The second kappa shape index (κ2) is 6.68. The first-order valence-electron chi connectivity index (χ1n) is 7.25. The zero-order valence-electron chi connectivity index (χ0n) is 11.6. The molecule has 0 spiro atoms. The summed E-state index contributed by atoms with van der Waals surface area (Å²) in [4.78, 5) is 12.6. The van der Waals surface area contributed by atoms with Gasteiger partial charge in [0.1, 0.15) is 11.6 Å². The largest absolute Gasteiger partial charge is 0.329 e. The number of carbonyl (C=O) groups is 1. The van der Waals surface area contributed by atoms with Crippen LogP contribution in [-0.4, -0.2) is 12.3 Å². The minimum Gasteiger partial charge on any atom is -0.329 e. The first-order chi connectivity index (χ1) is 9.59. The third-order valence-electron chi connectivity index (χ3n) is 4.43. The van der Waals surface area contributed by atoms with Crippen LogP contribution in [0.1, 0.15) is 44.1 Å². The number of benzene rings is 1. The van der Waals surface area contributed by atoms with Crippen LogP contribution in [0.3, 0.4) is 0 Å². The van der Waals surface area contributed by atoms with Crippen molar-refractivity contribution in [3.8, 4) is 0 Å². The summed E-state index contributed by atoms with van der Waals surface area (Å²) in [5.74, 6) is -0.425. The summed E-state index contributed by atoms with van der Waals surface area (Å²) in [6.45, 7) is 0.355. The van der Waals surface area contributed by atoms with Crippen molar-refractivity contribution in [2.75, 3.05) is 6.54 Å². The van der Waals surface area contributed by atoms with Crippen LogP contribution in [0.15, 0.2) is 18.2 Å². The molecule has 1 aromatic rings. The molecule has 0 radical (unpaired) electrons. The molecule has 0 amide bonds. The maximum atomic E-state index is 13.9. The number of halogens is 2. The molecule has 20 heavy (non-hydrogen) atoms. The van der Waals surface area contributed by atoms with Gasteiger partial charge in [-0.15, -0.1) is 0 Å². The summed E-state index contributed by atoms with van der Waals surface area (Å²) < 4.78 is 13.9. The second-order valence-corrected chi connectivity index (χ2v) is 6.12. The predicted molar refractivity (Wildman–Crippen MR) is 79.3 cm³/mol. The molecule has 1 aliphatic carbocycles. The SMILES string of the molecule is NCC1(C(=O)Cc2cccc(Cl)c2F)CCCCCC1. The fourth-order valence-corrected chi connectivity index (χ4v) is 3.24. The van der Waals surface area contributed by atoms with Gasteiger partial charge in [0.2, 0.25) is 0 Å². The maximum absolute atomic E-state index is 13.9. The number of nitrogens with two attached hydrogens (primary N) is 1. The van der Waals surface area contributed by atoms with E-state index in [1.165, 1.54) is 6.07 Å². The minimum atomic E-state index is -0.483. The van der Waals surface area contributed by atoms with Gasteiger partial charge in [0, 0.05) is 18.4 Å². The van der Waals surface area contributed by atoms with Crippen molar-refractivity contribution < 1.29 is 9.18 Å². The van der Waals surface area contributed by atoms with E-state index < -0.39 is 11.2 Å². The standard InChI is InChI=1S/C16H21ClFNO/c17-13-7-5-6-12(15(13)18)10-14(20)16(11-19)8-3-1-2-4-9-16/h5-7H,1-4,8-11,19H2. The van der Waals surface area contributed by atoms with E-state index in [0.29, 0.717) is 12.1 Å². The van der Waals surface area contributed by atoms with Crippen molar-refractivity contribution in [2.45, 2.75) is 44.9 Å². The van der Waals surface area contributed by atoms with Gasteiger partial charge in [-0.2, -0.15) is 0 Å². The molecule has 0 saturated heterocycles. The Morgan fingerprint density at radius 1 is 1.25 bits per heavy atom. The van der Waals surface area contributed by atoms with Crippen molar-refractivity contribution in [3.05, 3.63) is 34.6 Å². The van der Waals surface area contributed by atoms with Gasteiger partial charge >= 0.3 is 0 Å². The van der Waals surface area contributed by atoms with Gasteiger partial charge in [0.15, 0.2) is 0 Å². The third-order valence-corrected chi connectivity index (χ3v) is 4.72. The molecule has 2 rings (SSSR count). The quantitative estimate of drug-likeness (QED) is 0.857. The van der Waals surface area contributed by atoms with Crippen LogP contribution in [0.4, 0.5) is 4.39 Å². The fraction of sp³-hybridized carbons (Fsp3) is 0.562. The monoisotopic (exact) mass is 297 g/mol. The highest BCUT2D eigenvalue weighted by Crippen LogP contribution is 2.36. The number of hydrogen-bond acceptors (Lipinski definition) is 2. The first kappa shape index (κ1) is 15.5. The highest BCUT2D eigenvalue weighted by molar-refractivity contribution is 6.30. The Balaban J connectivity index is 2.18. The average molecular weight is 298 g/mol. The van der Waals surface area contributed by atoms with Gasteiger partial charge in [-0.3, -0.25) is 4.79 Å². The summed E-state index contributed by atoms with van der Waals surface area (Å²) in [6.07, 6.45) is 6.10. The van der Waals surface area contributed by atoms with Crippen LogP contribution >= 0.6 is 11.6 Å². The van der Waals surface area contributed by atoms with Crippen LogP contribution in [0.2, 0.25) is 5.02 Å². The Kier molecular flexibility index (Phi) is 5.17. The lowest BCUT2D eigenvalue weighted by Crippen LogP contribution is -2.39. The van der Waals surface area contributed by atoms with E-state index in [0.717, 1.165) is 38.5 Å². The van der Waals surface area contributed by atoms with Gasteiger partial charge in [-0.1, -0.05) is 49.4 Å². The zero-order chi connectivity index (χ0) is 14.6. The highest BCUT2D eigenvalue weighted by atomic mass is 35.5. The van der Waals surface area contributed by atoms with Gasteiger partial charge in [0.05, 0.1) is 5.02 Å². The van der Waals surface area contributed by atoms with E-state index in [1.807, 2.05) is 0 Å². The van der Waals surface area contributed by atoms with Gasteiger partial charge in [-0.05, 0) is 24.5 Å². The Hall–Kier alpha value is -0.930. The lowest BCUT2D eigenvalue weighted by molar-refractivity contribution is -0.128. The Morgan fingerprint density at radius 2 is 1.90 bits per heavy atom. The third kappa shape index (κ3) is 3.21. The van der Waals surface area contributed by atoms with Crippen LogP contribution < -0.4 is 5.73 Å². The summed E-state index contributed by atoms with van der Waals surface area (Å²) in [5.41, 5.74) is 5.80. The Labute approximate surface area is 124 Å². The van der Waals surface area contributed by atoms with E-state index in [1.54, 1.807) is 12.1 Å². The molecule has 1 aromatic carbocycles. The smallest absolute Gasteiger partial charge is 0.145 e. The molecule has 2 nitrogen and oxygen atoms in total. The normalized spacial score (nSPS) is 18.6. The second-order valence-electron chi connectivity index (χ2n) is 5.71. The molecule has 0 bridgehead atoms. The molecule has 4 heteroatoms. The van der Waals surface area contributed by atoms with Crippen molar-refractivity contribution in [2.24, 2.45) is 11.1 Å². The molecule has 1 fully saturated rings. The summed E-state index contributed by atoms with van der Waals surface area (Å²) >= 11 is 5.77. The van der Waals surface area contributed by atoms with E-state index in [9.17, 15) is 9.18 Å². The van der Waals surface area contributed by atoms with Crippen molar-refractivity contribution in [1.82, 2.24) is 0 Å². The number of carbonyl (C=O) groups excluding carboxylic acids is 1. The number of Topliss-reactive ketones (excluding diaryl/α,β-unsaturated/α-hetero) is 1. The Bertz CT molecular complexity index is 481. The lowest BCUT2D eigenvalue weighted by Gasteiger charge is -2.29. The highest BCUT2D eigenvalue weighted by Gasteiger charge is 2.36. The average Bonchev–Trinajstić information content (AvgIpc) is 2.70. The van der Waals surface area contributed by atoms with Crippen LogP contribution in [-0.2, 0) is 11.2 Å². The summed E-state index contributed by atoms with van der Waals surface area (Å²) in [7, 11) is 0. The molecule has 1 saturated carbocycles. The van der Waals surface area contributed by atoms with Crippen LogP contribution in [0.25, 0.3) is 0 Å². The summed E-state index contributed by atoms with van der Waals surface area (Å²) in [5, 5.41) is 0.0676. The van der Waals surface area contributed by atoms with Gasteiger partial charge in [0.25, 0.3) is 0 Å².